The van der Waals surface area contributed by atoms with Crippen molar-refractivity contribution in [3.63, 3.8) is 0 Å². The van der Waals surface area contributed by atoms with Crippen molar-refractivity contribution in [2.24, 2.45) is 0 Å². The van der Waals surface area contributed by atoms with E-state index in [2.05, 4.69) is 4.98 Å². The van der Waals surface area contributed by atoms with Gasteiger partial charge in [-0.25, -0.2) is 9.59 Å². The Morgan fingerprint density at radius 1 is 0.967 bits per heavy atom. The number of likely N-dealkylation sites (N-methyl/N-ethyl adjacent to an activating group) is 1. The zero-order valence-corrected chi connectivity index (χ0v) is 19.3. The van der Waals surface area contributed by atoms with Crippen LogP contribution in [0, 0.1) is 0 Å². The lowest BCUT2D eigenvalue weighted by molar-refractivity contribution is -0.139. The Bertz CT molecular complexity index is 769. The second kappa shape index (κ2) is 12.6. The van der Waals surface area contributed by atoms with Crippen LogP contribution in [0.1, 0.15) is 39.3 Å². The van der Waals surface area contributed by atoms with Crippen molar-refractivity contribution in [3.8, 4) is 0 Å². The predicted octanol–water partition coefficient (Wildman–Crippen LogP) is 3.33. The highest BCUT2D eigenvalue weighted by atomic mass is 31.2. The van der Waals surface area contributed by atoms with Crippen LogP contribution in [0.2, 0.25) is 0 Å². The van der Waals surface area contributed by atoms with E-state index in [-0.39, 0.29) is 18.8 Å². The van der Waals surface area contributed by atoms with Crippen LogP contribution < -0.4 is 0 Å². The monoisotopic (exact) mass is 442 g/mol. The summed E-state index contributed by atoms with van der Waals surface area (Å²) in [6.07, 6.45) is 3.15. The molecule has 1 atom stereocenters. The van der Waals surface area contributed by atoms with E-state index in [1.807, 2.05) is 18.7 Å². The molecule has 0 saturated heterocycles. The van der Waals surface area contributed by atoms with E-state index in [0.717, 1.165) is 7.11 Å². The Morgan fingerprint density at radius 2 is 1.47 bits per heavy atom. The first-order valence-corrected chi connectivity index (χ1v) is 11.3. The first-order chi connectivity index (χ1) is 14.3. The summed E-state index contributed by atoms with van der Waals surface area (Å²) in [5.41, 5.74) is 0.513. The van der Waals surface area contributed by atoms with Crippen molar-refractivity contribution in [2.45, 2.75) is 33.7 Å². The SMILES string of the molecule is CCOP(=O)(OCC)/C(C(=O)OC)=C(\C(=O)OC)C(c1ccncc1)N(CC)CC. The molecule has 0 aliphatic heterocycles. The molecule has 0 aliphatic carbocycles. The first kappa shape index (κ1) is 26.0. The maximum Gasteiger partial charge on any atom is 0.369 e. The van der Waals surface area contributed by atoms with Crippen LogP contribution in [0.5, 0.6) is 0 Å². The van der Waals surface area contributed by atoms with E-state index in [9.17, 15) is 14.2 Å². The van der Waals surface area contributed by atoms with Gasteiger partial charge in [0.15, 0.2) is 5.31 Å². The number of aromatic nitrogens is 1. The third kappa shape index (κ3) is 5.98. The standard InChI is InChI=1S/C20H31N2O7P/c1-7-22(8-2)17(15-11-13-21-14-12-15)16(19(23)26-5)18(20(24)27-6)30(25,28-9-3)29-10-4/h11-14,17H,7-10H2,1-6H3/b18-16-. The fraction of sp³-hybridized carbons (Fsp3) is 0.550. The molecule has 168 valence electrons. The number of rotatable bonds is 12. The van der Waals surface area contributed by atoms with Crippen LogP contribution in [0.15, 0.2) is 35.4 Å². The minimum Gasteiger partial charge on any atom is -0.466 e. The molecule has 9 nitrogen and oxygen atoms in total. The number of nitrogens with zero attached hydrogens (tertiary/aromatic N) is 2. The maximum absolute atomic E-state index is 13.7. The van der Waals surface area contributed by atoms with E-state index < -0.39 is 30.9 Å². The highest BCUT2D eigenvalue weighted by Gasteiger charge is 2.44. The number of carbonyl (C=O) groups excluding carboxylic acids is 2. The molecule has 0 spiro atoms. The molecule has 1 aromatic rings. The summed E-state index contributed by atoms with van der Waals surface area (Å²) in [6, 6.07) is 2.67. The van der Waals surface area contributed by atoms with Crippen molar-refractivity contribution >= 4 is 19.5 Å². The quantitative estimate of drug-likeness (QED) is 0.274. The van der Waals surface area contributed by atoms with Gasteiger partial charge in [0.1, 0.15) is 0 Å². The minimum atomic E-state index is -4.20. The molecule has 0 fully saturated rings. The molecule has 1 heterocycles. The number of esters is 2. The molecular formula is C20H31N2O7P. The Labute approximate surface area is 177 Å². The topological polar surface area (TPSA) is 104 Å². The van der Waals surface area contributed by atoms with Gasteiger partial charge in [0.05, 0.1) is 39.0 Å². The van der Waals surface area contributed by atoms with Gasteiger partial charge < -0.3 is 18.5 Å². The van der Waals surface area contributed by atoms with Crippen molar-refractivity contribution in [1.82, 2.24) is 9.88 Å². The fourth-order valence-electron chi connectivity index (χ4n) is 3.11. The lowest BCUT2D eigenvalue weighted by Gasteiger charge is -2.33. The largest absolute Gasteiger partial charge is 0.466 e. The molecule has 0 aliphatic rings. The third-order valence-electron chi connectivity index (χ3n) is 4.38. The average Bonchev–Trinajstić information content (AvgIpc) is 2.76. The Morgan fingerprint density at radius 3 is 1.87 bits per heavy atom. The third-order valence-corrected chi connectivity index (χ3v) is 6.55. The zero-order chi connectivity index (χ0) is 22.7. The second-order valence-corrected chi connectivity index (χ2v) is 7.94. The van der Waals surface area contributed by atoms with Gasteiger partial charge in [-0.2, -0.15) is 0 Å². The van der Waals surface area contributed by atoms with Crippen molar-refractivity contribution in [2.75, 3.05) is 40.5 Å². The maximum atomic E-state index is 13.7. The summed E-state index contributed by atoms with van der Waals surface area (Å²) in [7, 11) is -1.87. The molecule has 30 heavy (non-hydrogen) atoms. The van der Waals surface area contributed by atoms with Gasteiger partial charge in [-0.15, -0.1) is 0 Å². The smallest absolute Gasteiger partial charge is 0.369 e. The van der Waals surface area contributed by atoms with Crippen LogP contribution in [-0.2, 0) is 32.7 Å². The van der Waals surface area contributed by atoms with E-state index in [1.54, 1.807) is 38.4 Å². The minimum absolute atomic E-state index is 0.00256. The molecule has 0 amide bonds. The number of carbonyl (C=O) groups is 2. The molecule has 1 aromatic heterocycles. The van der Waals surface area contributed by atoms with Gasteiger partial charge in [0.2, 0.25) is 0 Å². The molecule has 0 radical (unpaired) electrons. The lowest BCUT2D eigenvalue weighted by atomic mass is 9.97. The summed E-state index contributed by atoms with van der Waals surface area (Å²) >= 11 is 0. The second-order valence-electron chi connectivity index (χ2n) is 5.98. The molecule has 0 saturated carbocycles. The Balaban J connectivity index is 4.05. The number of pyridine rings is 1. The predicted molar refractivity (Wildman–Crippen MR) is 112 cm³/mol. The van der Waals surface area contributed by atoms with Gasteiger partial charge in [-0.1, -0.05) is 13.8 Å². The summed E-state index contributed by atoms with van der Waals surface area (Å²) in [6.45, 7) is 8.11. The van der Waals surface area contributed by atoms with Crippen molar-refractivity contribution in [3.05, 3.63) is 41.0 Å². The van der Waals surface area contributed by atoms with Crippen LogP contribution in [0.3, 0.4) is 0 Å². The highest BCUT2D eigenvalue weighted by molar-refractivity contribution is 7.60. The molecule has 10 heteroatoms. The molecule has 0 N–H and O–H groups in total. The van der Waals surface area contributed by atoms with Crippen LogP contribution in [0.4, 0.5) is 0 Å². The summed E-state index contributed by atoms with van der Waals surface area (Å²) in [4.78, 5) is 31.8. The zero-order valence-electron chi connectivity index (χ0n) is 18.4. The van der Waals surface area contributed by atoms with Crippen LogP contribution in [0.25, 0.3) is 0 Å². The molecule has 0 aromatic carbocycles. The Hall–Kier alpha value is -2.06. The summed E-state index contributed by atoms with van der Waals surface area (Å²) < 4.78 is 34.4. The van der Waals surface area contributed by atoms with Gasteiger partial charge in [0, 0.05) is 12.4 Å². The molecule has 0 bridgehead atoms. The van der Waals surface area contributed by atoms with Crippen molar-refractivity contribution < 1.29 is 32.7 Å². The van der Waals surface area contributed by atoms with Crippen molar-refractivity contribution in [1.29, 1.82) is 0 Å². The molecular weight excluding hydrogens is 411 g/mol. The fourth-order valence-corrected chi connectivity index (χ4v) is 4.95. The first-order valence-electron chi connectivity index (χ1n) is 9.79. The average molecular weight is 442 g/mol. The Kier molecular flexibility index (Phi) is 10.9. The van der Waals surface area contributed by atoms with Gasteiger partial charge in [0.25, 0.3) is 0 Å². The van der Waals surface area contributed by atoms with E-state index in [4.69, 9.17) is 18.5 Å². The molecule has 1 rings (SSSR count). The van der Waals surface area contributed by atoms with Crippen LogP contribution in [-0.4, -0.2) is 62.3 Å². The van der Waals surface area contributed by atoms with E-state index in [0.29, 0.717) is 18.7 Å². The molecule has 1 unspecified atom stereocenters. The van der Waals surface area contributed by atoms with Crippen LogP contribution >= 0.6 is 7.60 Å². The van der Waals surface area contributed by atoms with E-state index >= 15 is 0 Å². The van der Waals surface area contributed by atoms with Gasteiger partial charge in [-0.3, -0.25) is 14.4 Å². The number of hydrogen-bond acceptors (Lipinski definition) is 9. The lowest BCUT2D eigenvalue weighted by Crippen LogP contribution is -2.34. The van der Waals surface area contributed by atoms with Gasteiger partial charge >= 0.3 is 19.5 Å². The normalized spacial score (nSPS) is 13.6. The van der Waals surface area contributed by atoms with E-state index in [1.165, 1.54) is 7.11 Å². The summed E-state index contributed by atoms with van der Waals surface area (Å²) in [5.74, 6) is -1.81. The summed E-state index contributed by atoms with van der Waals surface area (Å²) in [5, 5.41) is -0.464. The number of hydrogen-bond donors (Lipinski definition) is 0. The number of methoxy groups -OCH3 is 2. The van der Waals surface area contributed by atoms with Gasteiger partial charge in [-0.05, 0) is 44.6 Å². The number of ether oxygens (including phenoxy) is 2. The highest BCUT2D eigenvalue weighted by Crippen LogP contribution is 2.59.